The molecule has 0 aliphatic rings. The van der Waals surface area contributed by atoms with Crippen LogP contribution in [0, 0.1) is 0 Å². The summed E-state index contributed by atoms with van der Waals surface area (Å²) in [6, 6.07) is 0.882. The zero-order chi connectivity index (χ0) is 21.9. The Balaban J connectivity index is 2.09. The Kier molecular flexibility index (Phi) is 6.98. The lowest BCUT2D eigenvalue weighted by Crippen LogP contribution is -2.12. The van der Waals surface area contributed by atoms with Crippen molar-refractivity contribution in [3.8, 4) is 11.3 Å². The highest BCUT2D eigenvalue weighted by Crippen LogP contribution is 2.45. The fourth-order valence-electron chi connectivity index (χ4n) is 2.61. The number of aliphatic hydroxyl groups excluding tert-OH is 1. The lowest BCUT2D eigenvalue weighted by Gasteiger charge is -2.11. The lowest BCUT2D eigenvalue weighted by molar-refractivity contribution is -0.136. The van der Waals surface area contributed by atoms with E-state index in [-0.39, 0.29) is 62.8 Å². The van der Waals surface area contributed by atoms with E-state index >= 15 is 0 Å². The number of thiophene rings is 1. The molecule has 0 aromatic carbocycles. The summed E-state index contributed by atoms with van der Waals surface area (Å²) >= 11 is -0.749. The number of halogens is 3. The molecular formula is C17H18F3N5O3S2. The van der Waals surface area contributed by atoms with E-state index in [1.807, 2.05) is 0 Å². The van der Waals surface area contributed by atoms with Crippen molar-refractivity contribution in [2.24, 2.45) is 0 Å². The van der Waals surface area contributed by atoms with Crippen LogP contribution in [-0.4, -0.2) is 57.2 Å². The molecule has 0 aliphatic carbocycles. The van der Waals surface area contributed by atoms with Crippen molar-refractivity contribution in [2.45, 2.75) is 10.4 Å². The zero-order valence-corrected chi connectivity index (χ0v) is 17.3. The standard InChI is InChI=1S/C17H18F3N5O3S2/c1-28-4-5-30(27)15-13(21)12-10(17(18,19)20)6-11(25-14(12)29-15)9-7-23-16(24-8-9)22-2-3-26/h6-8,26H,2-5,21H2,1H3,(H,22,23,24). The van der Waals surface area contributed by atoms with E-state index < -0.39 is 22.9 Å². The number of aliphatic hydroxyl groups is 1. The third-order valence-electron chi connectivity index (χ3n) is 3.99. The summed E-state index contributed by atoms with van der Waals surface area (Å²) in [5, 5.41) is 11.3. The van der Waals surface area contributed by atoms with Crippen LogP contribution in [0.4, 0.5) is 24.8 Å². The van der Waals surface area contributed by atoms with Gasteiger partial charge in [-0.15, -0.1) is 0 Å². The summed E-state index contributed by atoms with van der Waals surface area (Å²) in [7, 11) is 1.44. The van der Waals surface area contributed by atoms with Gasteiger partial charge < -0.3 is 25.4 Å². The van der Waals surface area contributed by atoms with Crippen molar-refractivity contribution < 1.29 is 27.6 Å². The predicted octanol–water partition coefficient (Wildman–Crippen LogP) is 2.51. The maximum atomic E-state index is 13.8. The van der Waals surface area contributed by atoms with Gasteiger partial charge in [-0.05, 0) is 6.07 Å². The number of methoxy groups -OCH3 is 1. The van der Waals surface area contributed by atoms with Crippen LogP contribution in [0.5, 0.6) is 0 Å². The third-order valence-corrected chi connectivity index (χ3v) is 6.87. The molecule has 0 saturated heterocycles. The normalized spacial score (nSPS) is 13.0. The Hall–Kier alpha value is -2.19. The molecular weight excluding hydrogens is 443 g/mol. The molecule has 1 unspecified atom stereocenters. The molecule has 8 nitrogen and oxygen atoms in total. The molecule has 3 aromatic heterocycles. The summed E-state index contributed by atoms with van der Waals surface area (Å²) in [6.07, 6.45) is -2.04. The Morgan fingerprint density at radius 1 is 1.33 bits per heavy atom. The smallest absolute Gasteiger partial charge is 0.417 e. The molecule has 0 amide bonds. The minimum Gasteiger partial charge on any atom is -0.611 e. The number of nitrogen functional groups attached to an aromatic ring is 1. The largest absolute Gasteiger partial charge is 0.611 e. The molecule has 3 heterocycles. The van der Waals surface area contributed by atoms with Gasteiger partial charge in [0.25, 0.3) is 0 Å². The molecule has 162 valence electrons. The summed E-state index contributed by atoms with van der Waals surface area (Å²) in [4.78, 5) is 12.3. The van der Waals surface area contributed by atoms with E-state index in [0.717, 1.165) is 17.4 Å². The minimum atomic E-state index is -4.69. The molecule has 4 N–H and O–H groups in total. The average Bonchev–Trinajstić information content (AvgIpc) is 3.06. The number of rotatable bonds is 8. The number of aromatic nitrogens is 3. The number of pyridine rings is 1. The number of nitrogens with two attached hydrogens (primary N) is 1. The molecule has 1 atom stereocenters. The van der Waals surface area contributed by atoms with Crippen LogP contribution in [0.2, 0.25) is 0 Å². The number of fused-ring (bicyclic) bond motifs is 1. The van der Waals surface area contributed by atoms with Crippen LogP contribution in [0.15, 0.2) is 22.7 Å². The quantitative estimate of drug-likeness (QED) is 0.437. The van der Waals surface area contributed by atoms with Gasteiger partial charge in [-0.3, -0.25) is 0 Å². The molecule has 0 bridgehead atoms. The van der Waals surface area contributed by atoms with Crippen molar-refractivity contribution in [1.82, 2.24) is 15.0 Å². The van der Waals surface area contributed by atoms with Crippen LogP contribution < -0.4 is 11.1 Å². The number of nitrogens with one attached hydrogen (secondary N) is 1. The highest BCUT2D eigenvalue weighted by atomic mass is 32.2. The first kappa shape index (κ1) is 22.5. The second-order valence-corrected chi connectivity index (χ2v) is 8.79. The van der Waals surface area contributed by atoms with Crippen LogP contribution in [0.1, 0.15) is 5.56 Å². The van der Waals surface area contributed by atoms with Crippen LogP contribution in [0.3, 0.4) is 0 Å². The highest BCUT2D eigenvalue weighted by molar-refractivity contribution is 7.93. The summed E-state index contributed by atoms with van der Waals surface area (Å²) in [6.45, 7) is 0.296. The number of alkyl halides is 3. The molecule has 3 aromatic rings. The molecule has 0 aliphatic heterocycles. The summed E-state index contributed by atoms with van der Waals surface area (Å²) < 4.78 is 58.8. The Labute approximate surface area is 176 Å². The molecule has 3 rings (SSSR count). The van der Waals surface area contributed by atoms with E-state index in [1.54, 1.807) is 0 Å². The van der Waals surface area contributed by atoms with Gasteiger partial charge >= 0.3 is 6.18 Å². The third kappa shape index (κ3) is 4.75. The van der Waals surface area contributed by atoms with Gasteiger partial charge in [-0.2, -0.15) is 13.2 Å². The van der Waals surface area contributed by atoms with Gasteiger partial charge in [0.2, 0.25) is 10.2 Å². The van der Waals surface area contributed by atoms with Gasteiger partial charge in [0.1, 0.15) is 16.3 Å². The maximum absolute atomic E-state index is 13.8. The van der Waals surface area contributed by atoms with Crippen molar-refractivity contribution in [1.29, 1.82) is 0 Å². The van der Waals surface area contributed by atoms with Gasteiger partial charge in [0.05, 0.1) is 29.9 Å². The topological polar surface area (TPSA) is 129 Å². The molecule has 13 heteroatoms. The van der Waals surface area contributed by atoms with Crippen molar-refractivity contribution >= 4 is 44.4 Å². The van der Waals surface area contributed by atoms with E-state index in [0.29, 0.717) is 0 Å². The first-order valence-corrected chi connectivity index (χ1v) is 10.7. The van der Waals surface area contributed by atoms with E-state index in [9.17, 15) is 17.7 Å². The summed E-state index contributed by atoms with van der Waals surface area (Å²) in [5.41, 5.74) is 5.08. The molecule has 0 saturated carbocycles. The van der Waals surface area contributed by atoms with Gasteiger partial charge in [-0.25, -0.2) is 15.0 Å². The average molecular weight is 461 g/mol. The summed E-state index contributed by atoms with van der Waals surface area (Å²) in [5.74, 6) is 0.332. The van der Waals surface area contributed by atoms with Gasteiger partial charge in [0.15, 0.2) is 0 Å². The molecule has 0 fully saturated rings. The fourth-order valence-corrected chi connectivity index (χ4v) is 5.18. The molecule has 0 radical (unpaired) electrons. The maximum Gasteiger partial charge on any atom is 0.417 e. The van der Waals surface area contributed by atoms with Gasteiger partial charge in [0, 0.05) is 42.8 Å². The van der Waals surface area contributed by atoms with E-state index in [4.69, 9.17) is 15.6 Å². The monoisotopic (exact) mass is 461 g/mol. The second-order valence-electron chi connectivity index (χ2n) is 6.02. The predicted molar refractivity (Wildman–Crippen MR) is 109 cm³/mol. The van der Waals surface area contributed by atoms with Crippen molar-refractivity contribution in [3.05, 3.63) is 24.0 Å². The number of ether oxygens (including phenoxy) is 1. The Morgan fingerprint density at radius 2 is 2.03 bits per heavy atom. The zero-order valence-electron chi connectivity index (χ0n) is 15.7. The lowest BCUT2D eigenvalue weighted by atomic mass is 10.1. The van der Waals surface area contributed by atoms with Crippen LogP contribution in [0.25, 0.3) is 21.5 Å². The number of anilines is 2. The number of hydrogen-bond acceptors (Lipinski definition) is 9. The van der Waals surface area contributed by atoms with E-state index in [2.05, 4.69) is 20.3 Å². The second kappa shape index (κ2) is 9.31. The minimum absolute atomic E-state index is 0.0130. The first-order valence-electron chi connectivity index (χ1n) is 8.61. The molecule has 30 heavy (non-hydrogen) atoms. The fraction of sp³-hybridized carbons (Fsp3) is 0.353. The van der Waals surface area contributed by atoms with Crippen molar-refractivity contribution in [3.63, 3.8) is 0 Å². The SMILES string of the molecule is COCC[S+]([O-])c1sc2nc(-c3cnc(NCCO)nc3)cc(C(F)(F)F)c2c1N. The molecule has 0 spiro atoms. The Bertz CT molecular complexity index is 1010. The number of hydrogen-bond donors (Lipinski definition) is 3. The van der Waals surface area contributed by atoms with Gasteiger partial charge in [-0.1, -0.05) is 11.3 Å². The number of nitrogens with zero attached hydrogens (tertiary/aromatic N) is 3. The Morgan fingerprint density at radius 3 is 2.63 bits per heavy atom. The van der Waals surface area contributed by atoms with E-state index in [1.165, 1.54) is 19.5 Å². The van der Waals surface area contributed by atoms with Crippen molar-refractivity contribution in [2.75, 3.05) is 43.7 Å². The first-order chi connectivity index (χ1) is 14.3. The van der Waals surface area contributed by atoms with Crippen LogP contribution in [-0.2, 0) is 22.1 Å². The van der Waals surface area contributed by atoms with Crippen LogP contribution >= 0.6 is 11.3 Å². The highest BCUT2D eigenvalue weighted by Gasteiger charge is 2.37.